The van der Waals surface area contributed by atoms with E-state index < -0.39 is 56.6 Å². The number of esters is 1. The van der Waals surface area contributed by atoms with Gasteiger partial charge in [0.2, 0.25) is 0 Å². The Hall–Kier alpha value is -2.87. The largest absolute Gasteiger partial charge is 0.464 e. The summed E-state index contributed by atoms with van der Waals surface area (Å²) < 4.78 is 36.4. The van der Waals surface area contributed by atoms with E-state index in [1.165, 1.54) is 6.92 Å². The SMILES string of the molecule is CCC(CC)COC(=O)[C@H](C)NP(=O)(OC[C@H]1O[C@@H](n2ncc(N)nc2=O)[C@@H](O)C1O)Oc1ccccc1. The molecular formula is C23H34N5O9P. The number of ether oxygens (including phenoxy) is 2. The molecule has 5 N–H and O–H groups in total. The van der Waals surface area contributed by atoms with Crippen LogP contribution in [0.3, 0.4) is 0 Å². The summed E-state index contributed by atoms with van der Waals surface area (Å²) in [7, 11) is -4.26. The van der Waals surface area contributed by atoms with Crippen molar-refractivity contribution in [3.05, 3.63) is 47.0 Å². The minimum Gasteiger partial charge on any atom is -0.464 e. The molecule has 2 heterocycles. The van der Waals surface area contributed by atoms with Crippen molar-refractivity contribution in [2.45, 2.75) is 64.2 Å². The van der Waals surface area contributed by atoms with Crippen LogP contribution in [0.25, 0.3) is 0 Å². The highest BCUT2D eigenvalue weighted by Gasteiger charge is 2.46. The molecule has 1 saturated heterocycles. The van der Waals surface area contributed by atoms with Crippen LogP contribution in [0.4, 0.5) is 5.82 Å². The number of aromatic nitrogens is 3. The molecule has 1 aliphatic rings. The van der Waals surface area contributed by atoms with Gasteiger partial charge >= 0.3 is 19.4 Å². The molecule has 6 atom stereocenters. The maximum Gasteiger partial charge on any atom is 0.459 e. The van der Waals surface area contributed by atoms with Gasteiger partial charge in [0, 0.05) is 0 Å². The molecule has 14 nitrogen and oxygen atoms in total. The van der Waals surface area contributed by atoms with Gasteiger partial charge in [0.25, 0.3) is 0 Å². The van der Waals surface area contributed by atoms with E-state index >= 15 is 0 Å². The highest BCUT2D eigenvalue weighted by molar-refractivity contribution is 7.52. The minimum absolute atomic E-state index is 0.128. The van der Waals surface area contributed by atoms with E-state index in [0.29, 0.717) is 0 Å². The maximum absolute atomic E-state index is 13.7. The quantitative estimate of drug-likeness (QED) is 0.202. The van der Waals surface area contributed by atoms with Crippen LogP contribution in [0, 0.1) is 5.92 Å². The molecule has 210 valence electrons. The molecule has 2 aromatic rings. The normalized spacial score (nSPS) is 23.6. The number of para-hydroxylation sites is 1. The Labute approximate surface area is 219 Å². The number of nitrogens with two attached hydrogens (primary N) is 1. The second kappa shape index (κ2) is 13.3. The predicted molar refractivity (Wildman–Crippen MR) is 135 cm³/mol. The van der Waals surface area contributed by atoms with Crippen LogP contribution >= 0.6 is 7.75 Å². The lowest BCUT2D eigenvalue weighted by molar-refractivity contribution is -0.146. The second-order valence-corrected chi connectivity index (χ2v) is 10.5. The summed E-state index contributed by atoms with van der Waals surface area (Å²) in [6, 6.07) is 7.06. The lowest BCUT2D eigenvalue weighted by atomic mass is 10.1. The number of anilines is 1. The molecule has 0 saturated carbocycles. The van der Waals surface area contributed by atoms with Crippen LogP contribution in [-0.4, -0.2) is 68.5 Å². The van der Waals surface area contributed by atoms with Gasteiger partial charge in [-0.05, 0) is 25.0 Å². The Balaban J connectivity index is 1.71. The van der Waals surface area contributed by atoms with E-state index in [1.54, 1.807) is 30.3 Å². The Kier molecular flexibility index (Phi) is 10.4. The topological polar surface area (TPSA) is 197 Å². The molecule has 3 rings (SSSR count). The molecule has 0 bridgehead atoms. The average molecular weight is 556 g/mol. The van der Waals surface area contributed by atoms with Crippen molar-refractivity contribution in [2.24, 2.45) is 5.92 Å². The third kappa shape index (κ3) is 7.59. The number of hydrogen-bond acceptors (Lipinski definition) is 12. The summed E-state index contributed by atoms with van der Waals surface area (Å²) >= 11 is 0. The lowest BCUT2D eigenvalue weighted by Crippen LogP contribution is -2.38. The number of nitrogens with one attached hydrogen (secondary N) is 1. The zero-order valence-corrected chi connectivity index (χ0v) is 22.3. The number of aliphatic hydroxyl groups is 2. The van der Waals surface area contributed by atoms with E-state index in [-0.39, 0.29) is 24.1 Å². The number of carbonyl (C=O) groups is 1. The van der Waals surface area contributed by atoms with Gasteiger partial charge < -0.3 is 29.9 Å². The minimum atomic E-state index is -4.26. The van der Waals surface area contributed by atoms with Crippen molar-refractivity contribution in [3.63, 3.8) is 0 Å². The summed E-state index contributed by atoms with van der Waals surface area (Å²) in [5.41, 5.74) is 4.54. The van der Waals surface area contributed by atoms with E-state index in [0.717, 1.165) is 23.7 Å². The Bertz CT molecular complexity index is 1160. The van der Waals surface area contributed by atoms with Crippen LogP contribution in [0.1, 0.15) is 39.8 Å². The molecule has 15 heteroatoms. The van der Waals surface area contributed by atoms with E-state index in [1.807, 2.05) is 13.8 Å². The Morgan fingerprint density at radius 2 is 1.92 bits per heavy atom. The number of carbonyl (C=O) groups excluding carboxylic acids is 1. The number of aliphatic hydroxyl groups excluding tert-OH is 2. The third-order valence-electron chi connectivity index (χ3n) is 6.01. The zero-order chi connectivity index (χ0) is 27.9. The van der Waals surface area contributed by atoms with E-state index in [4.69, 9.17) is 24.3 Å². The molecule has 1 fully saturated rings. The summed E-state index contributed by atoms with van der Waals surface area (Å²) in [6.45, 7) is 5.12. The van der Waals surface area contributed by atoms with Gasteiger partial charge in [-0.3, -0.25) is 9.32 Å². The van der Waals surface area contributed by atoms with Gasteiger partial charge in [-0.15, -0.1) is 0 Å². The molecule has 0 spiro atoms. The van der Waals surface area contributed by atoms with Crippen molar-refractivity contribution in [2.75, 3.05) is 18.9 Å². The molecule has 38 heavy (non-hydrogen) atoms. The van der Waals surface area contributed by atoms with Gasteiger partial charge in [0.05, 0.1) is 19.4 Å². The van der Waals surface area contributed by atoms with Crippen LogP contribution < -0.4 is 21.0 Å². The molecule has 1 aromatic carbocycles. The molecule has 1 aliphatic heterocycles. The van der Waals surface area contributed by atoms with Gasteiger partial charge in [-0.1, -0.05) is 44.9 Å². The first-order valence-electron chi connectivity index (χ1n) is 12.2. The fraction of sp³-hybridized carbons (Fsp3) is 0.565. The van der Waals surface area contributed by atoms with Gasteiger partial charge in [0.15, 0.2) is 6.23 Å². The van der Waals surface area contributed by atoms with Crippen LogP contribution in [-0.2, 0) is 23.4 Å². The van der Waals surface area contributed by atoms with Gasteiger partial charge in [0.1, 0.15) is 35.9 Å². The van der Waals surface area contributed by atoms with Gasteiger partial charge in [-0.2, -0.15) is 19.9 Å². The molecule has 0 radical (unpaired) electrons. The highest BCUT2D eigenvalue weighted by Crippen LogP contribution is 2.46. The third-order valence-corrected chi connectivity index (χ3v) is 7.66. The number of rotatable bonds is 13. The van der Waals surface area contributed by atoms with Crippen molar-refractivity contribution in [3.8, 4) is 5.75 Å². The van der Waals surface area contributed by atoms with Crippen molar-refractivity contribution >= 4 is 19.5 Å². The molecule has 0 aliphatic carbocycles. The smallest absolute Gasteiger partial charge is 0.459 e. The zero-order valence-electron chi connectivity index (χ0n) is 21.4. The number of hydrogen-bond donors (Lipinski definition) is 4. The molecule has 2 unspecified atom stereocenters. The summed E-state index contributed by atoms with van der Waals surface area (Å²) in [5, 5.41) is 27.3. The molecular weight excluding hydrogens is 521 g/mol. The lowest BCUT2D eigenvalue weighted by Gasteiger charge is -2.25. The van der Waals surface area contributed by atoms with Gasteiger partial charge in [-0.25, -0.2) is 9.36 Å². The first-order chi connectivity index (χ1) is 18.1. The number of nitrogens with zero attached hydrogens (tertiary/aromatic N) is 3. The first-order valence-corrected chi connectivity index (χ1v) is 13.8. The highest BCUT2D eigenvalue weighted by atomic mass is 31.2. The van der Waals surface area contributed by atoms with Crippen molar-refractivity contribution in [1.82, 2.24) is 19.9 Å². The fourth-order valence-corrected chi connectivity index (χ4v) is 5.13. The van der Waals surface area contributed by atoms with Crippen molar-refractivity contribution < 1.29 is 38.1 Å². The van der Waals surface area contributed by atoms with Crippen LogP contribution in [0.15, 0.2) is 41.3 Å². The standard InChI is InChI=1S/C23H34N5O9P/c1-4-15(5-2)12-34-22(31)14(3)27-38(33,37-16-9-7-6-8-10-16)35-13-17-19(29)20(30)21(36-17)28-23(32)26-18(24)11-25-28/h6-11,14-15,17,19-21,29-30H,4-5,12-13H2,1-3H3,(H,27,33)(H2,24,26,32)/t14-,17+,19?,20-,21+,38?/m0/s1. The fourth-order valence-electron chi connectivity index (χ4n) is 3.63. The average Bonchev–Trinajstić information content (AvgIpc) is 3.17. The second-order valence-electron chi connectivity index (χ2n) is 8.82. The molecule has 0 amide bonds. The number of benzene rings is 1. The maximum atomic E-state index is 13.7. The van der Waals surface area contributed by atoms with Crippen molar-refractivity contribution in [1.29, 1.82) is 0 Å². The Morgan fingerprint density at radius 1 is 1.24 bits per heavy atom. The number of nitrogen functional groups attached to an aromatic ring is 1. The summed E-state index contributed by atoms with van der Waals surface area (Å²) in [5.74, 6) is -0.382. The monoisotopic (exact) mass is 555 g/mol. The predicted octanol–water partition coefficient (Wildman–Crippen LogP) is 1.00. The van der Waals surface area contributed by atoms with E-state index in [2.05, 4.69) is 15.2 Å². The van der Waals surface area contributed by atoms with E-state index in [9.17, 15) is 24.4 Å². The summed E-state index contributed by atoms with van der Waals surface area (Å²) in [4.78, 5) is 28.2. The summed E-state index contributed by atoms with van der Waals surface area (Å²) in [6.07, 6.45) is -3.00. The van der Waals surface area contributed by atoms with Crippen LogP contribution in [0.5, 0.6) is 5.75 Å². The first kappa shape index (κ1) is 29.7. The Morgan fingerprint density at radius 3 is 2.55 bits per heavy atom. The van der Waals surface area contributed by atoms with Crippen LogP contribution in [0.2, 0.25) is 0 Å². The molecule has 1 aromatic heterocycles.